The van der Waals surface area contributed by atoms with Gasteiger partial charge in [0.15, 0.2) is 11.9 Å². The van der Waals surface area contributed by atoms with Crippen LogP contribution in [0.3, 0.4) is 0 Å². The fraction of sp³-hybridized carbons (Fsp3) is 0.652. The smallest absolute Gasteiger partial charge is 0.310 e. The molecule has 0 unspecified atom stereocenters. The van der Waals surface area contributed by atoms with Gasteiger partial charge in [-0.1, -0.05) is 13.8 Å². The van der Waals surface area contributed by atoms with E-state index >= 15 is 0 Å². The van der Waals surface area contributed by atoms with Crippen molar-refractivity contribution < 1.29 is 37.8 Å². The summed E-state index contributed by atoms with van der Waals surface area (Å²) in [5.74, 6) is -3.35. The molecule has 0 spiro atoms. The van der Waals surface area contributed by atoms with E-state index in [-0.39, 0.29) is 18.2 Å². The molecule has 1 saturated heterocycles. The average Bonchev–Trinajstić information content (AvgIpc) is 3.23. The van der Waals surface area contributed by atoms with E-state index in [1.54, 1.807) is 6.07 Å². The zero-order chi connectivity index (χ0) is 22.6. The van der Waals surface area contributed by atoms with Gasteiger partial charge in [-0.3, -0.25) is 19.2 Å². The van der Waals surface area contributed by atoms with Crippen molar-refractivity contribution in [3.05, 3.63) is 24.2 Å². The highest BCUT2D eigenvalue weighted by Gasteiger charge is 2.67. The predicted octanol–water partition coefficient (Wildman–Crippen LogP) is 3.00. The first kappa shape index (κ1) is 21.6. The second-order valence-corrected chi connectivity index (χ2v) is 9.53. The number of furan rings is 1. The maximum absolute atomic E-state index is 13.7. The summed E-state index contributed by atoms with van der Waals surface area (Å²) in [5, 5.41) is 0. The third kappa shape index (κ3) is 3.27. The second-order valence-electron chi connectivity index (χ2n) is 9.53. The zero-order valence-electron chi connectivity index (χ0n) is 18.2. The van der Waals surface area contributed by atoms with E-state index in [1.165, 1.54) is 26.6 Å². The summed E-state index contributed by atoms with van der Waals surface area (Å²) in [6, 6.07) is 1.74. The molecule has 0 bridgehead atoms. The average molecular weight is 432 g/mol. The predicted molar refractivity (Wildman–Crippen MR) is 105 cm³/mol. The number of hydrogen-bond donors (Lipinski definition) is 0. The van der Waals surface area contributed by atoms with Gasteiger partial charge < -0.3 is 18.6 Å². The molecule has 8 heteroatoms. The van der Waals surface area contributed by atoms with E-state index in [2.05, 4.69) is 0 Å². The molecule has 2 heterocycles. The molecule has 0 aromatic carbocycles. The van der Waals surface area contributed by atoms with Crippen molar-refractivity contribution in [1.29, 1.82) is 0 Å². The highest BCUT2D eigenvalue weighted by atomic mass is 16.6. The molecule has 4 rings (SSSR count). The molecular formula is C23H28O8. The molecule has 2 saturated carbocycles. The molecule has 0 radical (unpaired) electrons. The van der Waals surface area contributed by atoms with Gasteiger partial charge in [-0.15, -0.1) is 0 Å². The highest BCUT2D eigenvalue weighted by molar-refractivity contribution is 5.93. The second kappa shape index (κ2) is 7.50. The lowest BCUT2D eigenvalue weighted by molar-refractivity contribution is -0.210. The Bertz CT molecular complexity index is 905. The first-order chi connectivity index (χ1) is 14.6. The van der Waals surface area contributed by atoms with E-state index in [9.17, 15) is 19.2 Å². The van der Waals surface area contributed by atoms with Crippen molar-refractivity contribution in [2.75, 3.05) is 7.11 Å². The van der Waals surface area contributed by atoms with Gasteiger partial charge in [-0.05, 0) is 36.2 Å². The van der Waals surface area contributed by atoms with Crippen molar-refractivity contribution in [1.82, 2.24) is 0 Å². The minimum absolute atomic E-state index is 0.0917. The van der Waals surface area contributed by atoms with Crippen LogP contribution in [-0.2, 0) is 33.4 Å². The number of ketones is 1. The lowest BCUT2D eigenvalue weighted by atomic mass is 9.43. The Kier molecular flexibility index (Phi) is 5.22. The van der Waals surface area contributed by atoms with Crippen molar-refractivity contribution in [3.8, 4) is 0 Å². The Labute approximate surface area is 180 Å². The van der Waals surface area contributed by atoms with Crippen LogP contribution in [0.15, 0.2) is 23.0 Å². The lowest BCUT2D eigenvalue weighted by Gasteiger charge is -2.60. The van der Waals surface area contributed by atoms with E-state index in [0.29, 0.717) is 19.3 Å². The Morgan fingerprint density at radius 2 is 1.94 bits per heavy atom. The largest absolute Gasteiger partial charge is 0.472 e. The molecule has 168 valence electrons. The number of esters is 3. The van der Waals surface area contributed by atoms with Crippen molar-refractivity contribution in [2.24, 2.45) is 28.6 Å². The lowest BCUT2D eigenvalue weighted by Crippen LogP contribution is -2.64. The summed E-state index contributed by atoms with van der Waals surface area (Å²) in [5.41, 5.74) is -0.763. The van der Waals surface area contributed by atoms with Gasteiger partial charge in [0, 0.05) is 24.8 Å². The van der Waals surface area contributed by atoms with Crippen LogP contribution in [0.2, 0.25) is 0 Å². The molecule has 0 N–H and O–H groups in total. The molecule has 2 aliphatic carbocycles. The number of Topliss-reactive ketones (excluding diaryl/α,β-unsaturated/α-hetero) is 1. The number of fused-ring (bicyclic) bond motifs is 3. The summed E-state index contributed by atoms with van der Waals surface area (Å²) >= 11 is 0. The minimum atomic E-state index is -1.04. The summed E-state index contributed by atoms with van der Waals surface area (Å²) in [6.07, 6.45) is 2.98. The van der Waals surface area contributed by atoms with Crippen LogP contribution >= 0.6 is 0 Å². The zero-order valence-corrected chi connectivity index (χ0v) is 18.2. The van der Waals surface area contributed by atoms with Gasteiger partial charge in [0.05, 0.1) is 31.5 Å². The summed E-state index contributed by atoms with van der Waals surface area (Å²) in [4.78, 5) is 51.2. The number of ether oxygens (including phenoxy) is 3. The van der Waals surface area contributed by atoms with Crippen molar-refractivity contribution >= 4 is 23.7 Å². The number of carbonyl (C=O) groups is 4. The number of carbonyl (C=O) groups excluding carboxylic acids is 4. The van der Waals surface area contributed by atoms with E-state index < -0.39 is 52.7 Å². The summed E-state index contributed by atoms with van der Waals surface area (Å²) in [6.45, 7) is 5.09. The molecule has 31 heavy (non-hydrogen) atoms. The van der Waals surface area contributed by atoms with Gasteiger partial charge in [0.2, 0.25) is 0 Å². The van der Waals surface area contributed by atoms with Crippen LogP contribution in [-0.4, -0.2) is 36.9 Å². The SMILES string of the molecule is COC(=O)[C@@H]1C[C@H](OC(C)=O)C(=O)[C@H]2[C@]3(C)C[C@@H](c4ccoc4)OC(=O)[C@H]3CC[C@@]21C. The van der Waals surface area contributed by atoms with Crippen LogP contribution in [0.25, 0.3) is 0 Å². The van der Waals surface area contributed by atoms with Gasteiger partial charge in [-0.2, -0.15) is 0 Å². The van der Waals surface area contributed by atoms with E-state index in [0.717, 1.165) is 5.56 Å². The van der Waals surface area contributed by atoms with Crippen LogP contribution < -0.4 is 0 Å². The van der Waals surface area contributed by atoms with Gasteiger partial charge in [-0.25, -0.2) is 0 Å². The van der Waals surface area contributed by atoms with Crippen molar-refractivity contribution in [2.45, 2.75) is 58.7 Å². The maximum atomic E-state index is 13.7. The molecule has 1 aliphatic heterocycles. The normalized spacial score (nSPS) is 39.7. The van der Waals surface area contributed by atoms with Crippen LogP contribution in [0, 0.1) is 28.6 Å². The van der Waals surface area contributed by atoms with Gasteiger partial charge in [0.1, 0.15) is 6.10 Å². The Morgan fingerprint density at radius 1 is 1.19 bits per heavy atom. The molecule has 3 aliphatic rings. The minimum Gasteiger partial charge on any atom is -0.472 e. The quantitative estimate of drug-likeness (QED) is 0.530. The van der Waals surface area contributed by atoms with Crippen LogP contribution in [0.4, 0.5) is 0 Å². The number of cyclic esters (lactones) is 1. The monoisotopic (exact) mass is 432 g/mol. The number of rotatable bonds is 3. The summed E-state index contributed by atoms with van der Waals surface area (Å²) < 4.78 is 21.3. The molecule has 3 fully saturated rings. The molecule has 7 atom stereocenters. The van der Waals surface area contributed by atoms with Gasteiger partial charge in [0.25, 0.3) is 0 Å². The molecule has 0 amide bonds. The first-order valence-electron chi connectivity index (χ1n) is 10.6. The Balaban J connectivity index is 1.80. The van der Waals surface area contributed by atoms with E-state index in [4.69, 9.17) is 18.6 Å². The topological polar surface area (TPSA) is 109 Å². The number of hydrogen-bond acceptors (Lipinski definition) is 8. The third-order valence-corrected chi connectivity index (χ3v) is 7.81. The third-order valence-electron chi connectivity index (χ3n) is 7.81. The standard InChI is InChI=1S/C23H28O8/c1-12(24)30-16-9-15(20(26)28-4)22(2)7-5-14-21(27)31-17(13-6-8-29-11-13)10-23(14,3)19(22)18(16)25/h6,8,11,14-17,19H,5,7,9-10H2,1-4H3/t14-,15+,16+,17+,19-,22-,23-/m1/s1. The summed E-state index contributed by atoms with van der Waals surface area (Å²) in [7, 11) is 1.32. The van der Waals surface area contributed by atoms with Gasteiger partial charge >= 0.3 is 17.9 Å². The molecular weight excluding hydrogens is 404 g/mol. The first-order valence-corrected chi connectivity index (χ1v) is 10.6. The molecule has 1 aromatic heterocycles. The highest BCUT2D eigenvalue weighted by Crippen LogP contribution is 2.65. The number of methoxy groups -OCH3 is 1. The fourth-order valence-corrected chi connectivity index (χ4v) is 6.46. The fourth-order valence-electron chi connectivity index (χ4n) is 6.46. The van der Waals surface area contributed by atoms with E-state index in [1.807, 2.05) is 13.8 Å². The van der Waals surface area contributed by atoms with Crippen molar-refractivity contribution in [3.63, 3.8) is 0 Å². The van der Waals surface area contributed by atoms with Crippen LogP contribution in [0.5, 0.6) is 0 Å². The Hall–Kier alpha value is -2.64. The molecule has 1 aromatic rings. The molecule has 8 nitrogen and oxygen atoms in total. The Morgan fingerprint density at radius 3 is 2.55 bits per heavy atom. The maximum Gasteiger partial charge on any atom is 0.310 e. The van der Waals surface area contributed by atoms with Crippen LogP contribution in [0.1, 0.15) is 58.1 Å².